The molecule has 2 amide bonds. The second-order valence-electron chi connectivity index (χ2n) is 2.56. The average Bonchev–Trinajstić information content (AvgIpc) is 2.04. The van der Waals surface area contributed by atoms with Gasteiger partial charge < -0.3 is 15.4 Å². The topological polar surface area (TPSA) is 72.6 Å². The predicted octanol–water partition coefficient (Wildman–Crippen LogP) is 0.340. The fourth-order valence-electron chi connectivity index (χ4n) is 0.900. The standard InChI is InChI=1S/C8H16N2O3/c1-3-5-10(8(9)12)6-7(11)13-4-2/h3-6H2,1-2H3,(H2,9,12). The summed E-state index contributed by atoms with van der Waals surface area (Å²) in [6.07, 6.45) is 0.766. The third-order valence-corrected chi connectivity index (χ3v) is 1.43. The number of ether oxygens (including phenoxy) is 1. The Labute approximate surface area is 77.8 Å². The number of nitrogens with two attached hydrogens (primary N) is 1. The molecule has 0 aliphatic heterocycles. The number of urea groups is 1. The lowest BCUT2D eigenvalue weighted by Crippen LogP contribution is -2.40. The summed E-state index contributed by atoms with van der Waals surface area (Å²) in [5.41, 5.74) is 5.05. The number of carbonyl (C=O) groups excluding carboxylic acids is 2. The Morgan fingerprint density at radius 1 is 1.38 bits per heavy atom. The highest BCUT2D eigenvalue weighted by Gasteiger charge is 2.13. The Morgan fingerprint density at radius 2 is 2.00 bits per heavy atom. The molecule has 5 heteroatoms. The van der Waals surface area contributed by atoms with Gasteiger partial charge in [0.25, 0.3) is 0 Å². The molecule has 0 rings (SSSR count). The summed E-state index contributed by atoms with van der Waals surface area (Å²) in [5, 5.41) is 0. The van der Waals surface area contributed by atoms with E-state index in [0.29, 0.717) is 13.2 Å². The van der Waals surface area contributed by atoms with Gasteiger partial charge >= 0.3 is 12.0 Å². The molecule has 0 unspecified atom stereocenters. The van der Waals surface area contributed by atoms with Crippen LogP contribution in [0, 0.1) is 0 Å². The van der Waals surface area contributed by atoms with Gasteiger partial charge in [-0.15, -0.1) is 0 Å². The number of nitrogens with zero attached hydrogens (tertiary/aromatic N) is 1. The van der Waals surface area contributed by atoms with Crippen LogP contribution in [0.15, 0.2) is 0 Å². The van der Waals surface area contributed by atoms with Crippen LogP contribution in [0.1, 0.15) is 20.3 Å². The molecule has 0 saturated carbocycles. The van der Waals surface area contributed by atoms with E-state index >= 15 is 0 Å². The second kappa shape index (κ2) is 6.28. The predicted molar refractivity (Wildman–Crippen MR) is 48.1 cm³/mol. The maximum atomic E-state index is 11.0. The van der Waals surface area contributed by atoms with E-state index in [1.165, 1.54) is 4.90 Å². The molecule has 0 fully saturated rings. The van der Waals surface area contributed by atoms with Gasteiger partial charge in [-0.25, -0.2) is 4.79 Å². The van der Waals surface area contributed by atoms with E-state index in [0.717, 1.165) is 6.42 Å². The van der Waals surface area contributed by atoms with Crippen LogP contribution >= 0.6 is 0 Å². The van der Waals surface area contributed by atoms with Crippen LogP contribution in [0.3, 0.4) is 0 Å². The third kappa shape index (κ3) is 5.05. The van der Waals surface area contributed by atoms with Crippen molar-refractivity contribution >= 4 is 12.0 Å². The van der Waals surface area contributed by atoms with Crippen LogP contribution in [0.25, 0.3) is 0 Å². The van der Waals surface area contributed by atoms with Gasteiger partial charge in [0.1, 0.15) is 6.54 Å². The fraction of sp³-hybridized carbons (Fsp3) is 0.750. The SMILES string of the molecule is CCCN(CC(=O)OCC)C(N)=O. The van der Waals surface area contributed by atoms with Crippen molar-refractivity contribution in [3.8, 4) is 0 Å². The molecule has 0 radical (unpaired) electrons. The first kappa shape index (κ1) is 11.7. The number of primary amides is 1. The normalized spacial score (nSPS) is 9.38. The molecule has 0 atom stereocenters. The molecule has 0 heterocycles. The van der Waals surface area contributed by atoms with E-state index in [4.69, 9.17) is 5.73 Å². The first-order chi connectivity index (χ1) is 6.11. The van der Waals surface area contributed by atoms with E-state index in [1.54, 1.807) is 6.92 Å². The van der Waals surface area contributed by atoms with E-state index in [9.17, 15) is 9.59 Å². The Morgan fingerprint density at radius 3 is 2.38 bits per heavy atom. The van der Waals surface area contributed by atoms with Gasteiger partial charge in [-0.3, -0.25) is 4.79 Å². The lowest BCUT2D eigenvalue weighted by Gasteiger charge is -2.17. The van der Waals surface area contributed by atoms with Gasteiger partial charge in [0.15, 0.2) is 0 Å². The summed E-state index contributed by atoms with van der Waals surface area (Å²) < 4.78 is 4.68. The Balaban J connectivity index is 3.94. The zero-order valence-corrected chi connectivity index (χ0v) is 8.08. The van der Waals surface area contributed by atoms with Gasteiger partial charge in [-0.1, -0.05) is 6.92 Å². The Kier molecular flexibility index (Phi) is 5.67. The Hall–Kier alpha value is -1.26. The van der Waals surface area contributed by atoms with Crippen LogP contribution < -0.4 is 5.73 Å². The van der Waals surface area contributed by atoms with Gasteiger partial charge in [-0.05, 0) is 13.3 Å². The van der Waals surface area contributed by atoms with E-state index < -0.39 is 12.0 Å². The molecule has 13 heavy (non-hydrogen) atoms. The number of hydrogen-bond donors (Lipinski definition) is 1. The molecule has 0 bridgehead atoms. The van der Waals surface area contributed by atoms with Crippen molar-refractivity contribution in [2.75, 3.05) is 19.7 Å². The van der Waals surface area contributed by atoms with Crippen molar-refractivity contribution in [3.63, 3.8) is 0 Å². The first-order valence-corrected chi connectivity index (χ1v) is 4.31. The van der Waals surface area contributed by atoms with Crippen molar-refractivity contribution in [2.24, 2.45) is 5.73 Å². The molecule has 0 aromatic rings. The number of carbonyl (C=O) groups is 2. The highest BCUT2D eigenvalue weighted by Crippen LogP contribution is 1.92. The van der Waals surface area contributed by atoms with E-state index in [-0.39, 0.29) is 6.54 Å². The highest BCUT2D eigenvalue weighted by atomic mass is 16.5. The largest absolute Gasteiger partial charge is 0.465 e. The van der Waals surface area contributed by atoms with Crippen molar-refractivity contribution < 1.29 is 14.3 Å². The maximum absolute atomic E-state index is 11.0. The minimum absolute atomic E-state index is 0.0585. The molecule has 5 nitrogen and oxygen atoms in total. The van der Waals surface area contributed by atoms with Crippen LogP contribution in [0.2, 0.25) is 0 Å². The van der Waals surface area contributed by atoms with Crippen LogP contribution in [0.5, 0.6) is 0 Å². The molecule has 0 spiro atoms. The molecule has 0 aliphatic carbocycles. The number of hydrogen-bond acceptors (Lipinski definition) is 3. The zero-order valence-electron chi connectivity index (χ0n) is 8.08. The second-order valence-corrected chi connectivity index (χ2v) is 2.56. The number of amides is 2. The quantitative estimate of drug-likeness (QED) is 0.632. The Bertz CT molecular complexity index is 182. The summed E-state index contributed by atoms with van der Waals surface area (Å²) >= 11 is 0. The fourth-order valence-corrected chi connectivity index (χ4v) is 0.900. The summed E-state index contributed by atoms with van der Waals surface area (Å²) in [6, 6.07) is -0.588. The summed E-state index contributed by atoms with van der Waals surface area (Å²) in [5.74, 6) is -0.422. The smallest absolute Gasteiger partial charge is 0.325 e. The van der Waals surface area contributed by atoms with E-state index in [2.05, 4.69) is 4.74 Å². The number of rotatable bonds is 5. The van der Waals surface area contributed by atoms with Gasteiger partial charge in [0.05, 0.1) is 6.61 Å². The number of esters is 1. The van der Waals surface area contributed by atoms with Gasteiger partial charge in [0.2, 0.25) is 0 Å². The first-order valence-electron chi connectivity index (χ1n) is 4.31. The van der Waals surface area contributed by atoms with Crippen LogP contribution in [-0.4, -0.2) is 36.6 Å². The molecular formula is C8H16N2O3. The van der Waals surface area contributed by atoms with Crippen LogP contribution in [0.4, 0.5) is 4.79 Å². The molecular weight excluding hydrogens is 172 g/mol. The molecule has 0 aromatic carbocycles. The molecule has 0 aromatic heterocycles. The van der Waals surface area contributed by atoms with E-state index in [1.807, 2.05) is 6.92 Å². The van der Waals surface area contributed by atoms with Crippen molar-refractivity contribution in [1.82, 2.24) is 4.90 Å². The summed E-state index contributed by atoms with van der Waals surface area (Å²) in [6.45, 7) is 4.36. The minimum atomic E-state index is -0.588. The lowest BCUT2D eigenvalue weighted by molar-refractivity contribution is -0.143. The monoisotopic (exact) mass is 188 g/mol. The van der Waals surface area contributed by atoms with Gasteiger partial charge in [-0.2, -0.15) is 0 Å². The summed E-state index contributed by atoms with van der Waals surface area (Å²) in [7, 11) is 0. The average molecular weight is 188 g/mol. The molecule has 0 aliphatic rings. The molecule has 2 N–H and O–H groups in total. The third-order valence-electron chi connectivity index (χ3n) is 1.43. The highest BCUT2D eigenvalue weighted by molar-refractivity contribution is 5.79. The molecule has 76 valence electrons. The van der Waals surface area contributed by atoms with Crippen LogP contribution in [-0.2, 0) is 9.53 Å². The van der Waals surface area contributed by atoms with Gasteiger partial charge in [0, 0.05) is 6.54 Å². The minimum Gasteiger partial charge on any atom is -0.465 e. The lowest BCUT2D eigenvalue weighted by atomic mass is 10.4. The van der Waals surface area contributed by atoms with Crippen molar-refractivity contribution in [3.05, 3.63) is 0 Å². The summed E-state index contributed by atoms with van der Waals surface area (Å²) in [4.78, 5) is 23.0. The zero-order chi connectivity index (χ0) is 10.3. The molecule has 0 saturated heterocycles. The maximum Gasteiger partial charge on any atom is 0.325 e. The van der Waals surface area contributed by atoms with Crippen molar-refractivity contribution in [2.45, 2.75) is 20.3 Å². The van der Waals surface area contributed by atoms with Crippen molar-refractivity contribution in [1.29, 1.82) is 0 Å².